The first-order valence-electron chi connectivity index (χ1n) is 25.3. The summed E-state index contributed by atoms with van der Waals surface area (Å²) in [7, 11) is -13.4. The number of aryl methyl sites for hydroxylation is 1. The molecule has 19 nitrogen and oxygen atoms in total. The van der Waals surface area contributed by atoms with Gasteiger partial charge in [0.2, 0.25) is 22.7 Å². The number of amides is 2. The number of aromatic nitrogens is 5. The monoisotopic (exact) mass is 1300 g/mol. The number of fused-ring (bicyclic) bond motifs is 4. The van der Waals surface area contributed by atoms with Crippen molar-refractivity contribution in [2.45, 2.75) is 120 Å². The molecule has 1 unspecified atom stereocenters. The molecule has 2 aliphatic carbocycles. The summed E-state index contributed by atoms with van der Waals surface area (Å²) < 4.78 is 217. The molecule has 8 rings (SSSR count). The van der Waals surface area contributed by atoms with E-state index in [4.69, 9.17) is 16.1 Å². The van der Waals surface area contributed by atoms with Crippen LogP contribution in [0.1, 0.15) is 109 Å². The number of halogens is 11. The summed E-state index contributed by atoms with van der Waals surface area (Å²) in [5, 5.41) is 18.4. The second kappa shape index (κ2) is 22.9. The molecule has 3 heterocycles. The van der Waals surface area contributed by atoms with Crippen LogP contribution in [-0.4, -0.2) is 95.5 Å². The maximum absolute atomic E-state index is 15.8. The standard InChI is InChI=1S/C53H49ClF10N7O12PS2/c1-25-15-26(17-41(74)75)16-38(83-84(76,77)78)44(25)49(2,3)21-40(73)71(85(79)80)22-37-43-34(54)11-10-31(46(43)70(67-37)24-51(57,58)59)30-9-8-29(13-14-50(4,5)86(6,81)82)65-45(30)36(19-27-18-28(55)7-12-35(27)56)66-39(72)23-69-48-42(47(68-69)53(62,63)64)32-20-33(32)52(48,60)61/h7-12,15-16,18,32-33,36,85H,17,19-24H2,1-6H3,(H,66,72)(H,74,75)(H2,76,77,78)/t32-,33+,36?/m0/s1. The summed E-state index contributed by atoms with van der Waals surface area (Å²) >= 11 is 6.75. The van der Waals surface area contributed by atoms with Crippen molar-refractivity contribution in [2.24, 2.45) is 5.92 Å². The highest BCUT2D eigenvalue weighted by molar-refractivity contribution is 7.92. The van der Waals surface area contributed by atoms with Gasteiger partial charge in [-0.25, -0.2) is 39.5 Å². The summed E-state index contributed by atoms with van der Waals surface area (Å²) in [6.07, 6.45) is -12.2. The maximum Gasteiger partial charge on any atom is 0.524 e. The Kier molecular flexibility index (Phi) is 17.3. The minimum absolute atomic E-state index is 0.0118. The Balaban J connectivity index is 1.29. The number of thiol groups is 1. The van der Waals surface area contributed by atoms with Gasteiger partial charge in [-0.1, -0.05) is 43.5 Å². The number of pyridine rings is 1. The number of carbonyl (C=O) groups excluding carboxylic acids is 2. The van der Waals surface area contributed by atoms with Crippen LogP contribution in [0, 0.1) is 36.3 Å². The maximum atomic E-state index is 15.8. The van der Waals surface area contributed by atoms with Crippen LogP contribution in [0.15, 0.2) is 54.6 Å². The van der Waals surface area contributed by atoms with Gasteiger partial charge < -0.3 is 14.9 Å². The number of nitrogens with zero attached hydrogens (tertiary/aromatic N) is 6. The summed E-state index contributed by atoms with van der Waals surface area (Å²) in [6, 6.07) is 6.91. The Morgan fingerprint density at radius 3 is 2.24 bits per heavy atom. The van der Waals surface area contributed by atoms with E-state index in [0.29, 0.717) is 22.9 Å². The molecular weight excluding hydrogens is 1250 g/mol. The Morgan fingerprint density at radius 2 is 1.64 bits per heavy atom. The van der Waals surface area contributed by atoms with Crippen molar-refractivity contribution < 1.29 is 99.1 Å². The van der Waals surface area contributed by atoms with Crippen molar-refractivity contribution in [2.75, 3.05) is 6.26 Å². The van der Waals surface area contributed by atoms with E-state index in [9.17, 15) is 81.4 Å². The number of nitrogens with one attached hydrogen (secondary N) is 1. The van der Waals surface area contributed by atoms with E-state index in [1.165, 1.54) is 40.7 Å². The van der Waals surface area contributed by atoms with Gasteiger partial charge in [0.05, 0.1) is 40.9 Å². The molecule has 1 saturated carbocycles. The molecule has 0 aliphatic heterocycles. The van der Waals surface area contributed by atoms with Crippen LogP contribution in [0.25, 0.3) is 22.0 Å². The molecule has 462 valence electrons. The molecule has 4 N–H and O–H groups in total. The van der Waals surface area contributed by atoms with E-state index in [2.05, 4.69) is 32.3 Å². The lowest BCUT2D eigenvalue weighted by molar-refractivity contribution is -0.143. The summed E-state index contributed by atoms with van der Waals surface area (Å²) in [4.78, 5) is 64.2. The highest BCUT2D eigenvalue weighted by atomic mass is 35.5. The number of sulfone groups is 1. The van der Waals surface area contributed by atoms with E-state index in [-0.39, 0.29) is 48.9 Å². The predicted octanol–water partition coefficient (Wildman–Crippen LogP) is 8.92. The Labute approximate surface area is 488 Å². The minimum atomic E-state index is -5.39. The number of phosphoric acid groups is 1. The molecule has 1 fully saturated rings. The van der Waals surface area contributed by atoms with Crippen LogP contribution in [0.2, 0.25) is 5.02 Å². The lowest BCUT2D eigenvalue weighted by Crippen LogP contribution is -2.35. The Bertz CT molecular complexity index is 4110. The number of carboxylic acid groups (broad SMARTS) is 1. The average molecular weight is 1300 g/mol. The van der Waals surface area contributed by atoms with Crippen molar-refractivity contribution in [3.63, 3.8) is 0 Å². The van der Waals surface area contributed by atoms with Gasteiger partial charge in [-0.3, -0.25) is 33.5 Å². The van der Waals surface area contributed by atoms with Gasteiger partial charge in [0.15, 0.2) is 15.5 Å². The Hall–Kier alpha value is -7.10. The molecular formula is C53H49ClF10N7O12PS2. The molecule has 3 atom stereocenters. The molecule has 2 aliphatic rings. The first kappa shape index (κ1) is 64.9. The average Bonchev–Trinajstić information content (AvgIpc) is 1.52. The zero-order valence-electron chi connectivity index (χ0n) is 45.5. The quantitative estimate of drug-likeness (QED) is 0.0219. The van der Waals surface area contributed by atoms with Gasteiger partial charge >= 0.3 is 26.1 Å². The van der Waals surface area contributed by atoms with Crippen molar-refractivity contribution in [1.82, 2.24) is 34.2 Å². The van der Waals surface area contributed by atoms with Crippen LogP contribution < -0.4 is 9.84 Å². The van der Waals surface area contributed by atoms with E-state index >= 15 is 13.2 Å². The zero-order valence-corrected chi connectivity index (χ0v) is 48.9. The number of carbonyl (C=O) groups is 3. The molecule has 0 radical (unpaired) electrons. The van der Waals surface area contributed by atoms with E-state index < -0.39 is 199 Å². The molecule has 33 heteroatoms. The van der Waals surface area contributed by atoms with Gasteiger partial charge in [0, 0.05) is 58.1 Å². The topological polar surface area (TPSA) is 270 Å². The second-order valence-electron chi connectivity index (χ2n) is 21.8. The number of rotatable bonds is 19. The van der Waals surface area contributed by atoms with E-state index in [1.807, 2.05) is 0 Å². The third-order valence-corrected chi connectivity index (χ3v) is 17.9. The molecule has 0 saturated heterocycles. The normalized spacial score (nSPS) is 16.3. The van der Waals surface area contributed by atoms with Crippen LogP contribution in [0.3, 0.4) is 0 Å². The van der Waals surface area contributed by atoms with Crippen LogP contribution in [-0.2, 0) is 89.7 Å². The smallest absolute Gasteiger partial charge is 0.481 e. The van der Waals surface area contributed by atoms with Gasteiger partial charge in [0.1, 0.15) is 46.6 Å². The van der Waals surface area contributed by atoms with Crippen LogP contribution >= 0.6 is 19.4 Å². The lowest BCUT2D eigenvalue weighted by Gasteiger charge is -2.30. The number of hydrogen-bond donors (Lipinski definition) is 5. The molecule has 6 aromatic rings. The number of alkyl halides is 8. The van der Waals surface area contributed by atoms with E-state index in [1.54, 1.807) is 0 Å². The minimum Gasteiger partial charge on any atom is -0.481 e. The Morgan fingerprint density at radius 1 is 0.977 bits per heavy atom. The fraction of sp³-hybridized carbons (Fsp3) is 0.396. The third kappa shape index (κ3) is 13.7. The first-order valence-corrected chi connectivity index (χ1v) is 30.2. The van der Waals surface area contributed by atoms with Crippen molar-refractivity contribution in [3.8, 4) is 28.7 Å². The molecule has 2 amide bonds. The van der Waals surface area contributed by atoms with E-state index in [0.717, 1.165) is 36.6 Å². The summed E-state index contributed by atoms with van der Waals surface area (Å²) in [5.74, 6) is -8.34. The second-order valence-corrected chi connectivity index (χ2v) is 26.9. The molecule has 0 bridgehead atoms. The number of aliphatic carboxylic acids is 1. The van der Waals surface area contributed by atoms with Gasteiger partial charge in [-0.15, -0.1) is 0 Å². The lowest BCUT2D eigenvalue weighted by atomic mass is 9.78. The number of benzene rings is 3. The van der Waals surface area contributed by atoms with Crippen molar-refractivity contribution >= 4 is 68.8 Å². The van der Waals surface area contributed by atoms with Crippen LogP contribution in [0.5, 0.6) is 5.75 Å². The van der Waals surface area contributed by atoms with Crippen LogP contribution in [0.4, 0.5) is 43.9 Å². The molecule has 86 heavy (non-hydrogen) atoms. The highest BCUT2D eigenvalue weighted by Crippen LogP contribution is 2.68. The molecule has 3 aromatic heterocycles. The van der Waals surface area contributed by atoms with Gasteiger partial charge in [-0.2, -0.15) is 45.3 Å². The molecule has 3 aromatic carbocycles. The number of hydrogen-bond acceptors (Lipinski definition) is 12. The largest absolute Gasteiger partial charge is 0.524 e. The van der Waals surface area contributed by atoms with Crippen molar-refractivity contribution in [3.05, 3.63) is 128 Å². The third-order valence-electron chi connectivity index (χ3n) is 14.5. The predicted molar refractivity (Wildman–Crippen MR) is 286 cm³/mol. The summed E-state index contributed by atoms with van der Waals surface area (Å²) in [5.41, 5.74) is -8.60. The fourth-order valence-corrected chi connectivity index (χ4v) is 11.9. The highest BCUT2D eigenvalue weighted by Gasteiger charge is 2.68. The first-order chi connectivity index (χ1) is 39.5. The number of carboxylic acids is 1. The number of phosphoric ester groups is 1. The van der Waals surface area contributed by atoms with Gasteiger partial charge in [0.25, 0.3) is 5.92 Å². The molecule has 0 spiro atoms. The fourth-order valence-electron chi connectivity index (χ4n) is 10.5. The SMILES string of the molecule is Cc1cc(CC(=O)O)cc(OP(=O)(O)O)c1C(C)(C)CC(=O)N(Cc1nn(CC(F)(F)F)c2c(-c3ccc(C#CC(C)(C)S(C)(=O)=O)nc3C(Cc3cc(F)ccc3F)NC(=O)Cn3nc(C(F)(F)F)c4c3C(F)(F)[C@@H]3C[C@H]43)ccc(Cl)c12)[SH](=O)=O. The van der Waals surface area contributed by atoms with Crippen molar-refractivity contribution in [1.29, 1.82) is 0 Å². The summed E-state index contributed by atoms with van der Waals surface area (Å²) in [6.45, 7) is 1.98. The van der Waals surface area contributed by atoms with Gasteiger partial charge in [-0.05, 0) is 98.2 Å². The zero-order chi connectivity index (χ0) is 63.9.